The number of alkyl carbamates (subject to hydrolysis) is 1. The summed E-state index contributed by atoms with van der Waals surface area (Å²) in [5.74, 6) is 4.17. The molecule has 2 N–H and O–H groups in total. The van der Waals surface area contributed by atoms with Gasteiger partial charge in [0.1, 0.15) is 17.4 Å². The maximum absolute atomic E-state index is 12.9. The van der Waals surface area contributed by atoms with Gasteiger partial charge in [-0.1, -0.05) is 24.3 Å². The molecule has 0 saturated heterocycles. The molecule has 2 aliphatic rings. The van der Waals surface area contributed by atoms with Crippen LogP contribution >= 0.6 is 11.8 Å². The van der Waals surface area contributed by atoms with Gasteiger partial charge in [-0.25, -0.2) is 4.79 Å². The van der Waals surface area contributed by atoms with Gasteiger partial charge in [-0.2, -0.15) is 11.8 Å². The van der Waals surface area contributed by atoms with Gasteiger partial charge < -0.3 is 20.1 Å². The van der Waals surface area contributed by atoms with Gasteiger partial charge in [0, 0.05) is 12.3 Å². The second-order valence-electron chi connectivity index (χ2n) is 9.34. The van der Waals surface area contributed by atoms with Crippen molar-refractivity contribution in [2.75, 3.05) is 18.6 Å². The fraction of sp³-hybridized carbons (Fsp3) is 0.583. The predicted molar refractivity (Wildman–Crippen MR) is 124 cm³/mol. The van der Waals surface area contributed by atoms with Gasteiger partial charge in [0.05, 0.1) is 7.11 Å². The van der Waals surface area contributed by atoms with E-state index in [2.05, 4.69) is 22.8 Å². The summed E-state index contributed by atoms with van der Waals surface area (Å²) in [5, 5.41) is 5.69. The van der Waals surface area contributed by atoms with Crippen molar-refractivity contribution in [2.24, 2.45) is 17.8 Å². The third-order valence-electron chi connectivity index (χ3n) is 5.67. The highest BCUT2D eigenvalue weighted by atomic mass is 32.2. The minimum absolute atomic E-state index is 0.206. The van der Waals surface area contributed by atoms with Crippen LogP contribution in [0.1, 0.15) is 39.2 Å². The highest BCUT2D eigenvalue weighted by Crippen LogP contribution is 2.44. The standard InChI is InChI=1S/C24H34N2O4S/c1-24(2,3)30-23(28)26-21(15-31-14-19-12-17-5-8-18(19)11-17)22(27)25-13-16-6-9-20(29-4)10-7-16/h5-10,17-19,21H,11-15H2,1-4H3,(H,25,27)(H,26,28)/t17-,18+,19-,21-/m0/s1. The number of ether oxygens (including phenoxy) is 2. The molecule has 0 aliphatic heterocycles. The van der Waals surface area contributed by atoms with Crippen molar-refractivity contribution in [3.05, 3.63) is 42.0 Å². The lowest BCUT2D eigenvalue weighted by molar-refractivity contribution is -0.122. The summed E-state index contributed by atoms with van der Waals surface area (Å²) >= 11 is 1.73. The van der Waals surface area contributed by atoms with Gasteiger partial charge in [0.15, 0.2) is 0 Å². The maximum Gasteiger partial charge on any atom is 0.408 e. The number of carbonyl (C=O) groups excluding carboxylic acids is 2. The number of thioether (sulfide) groups is 1. The first-order chi connectivity index (χ1) is 14.7. The number of fused-ring (bicyclic) bond motifs is 2. The second-order valence-corrected chi connectivity index (χ2v) is 10.4. The Hall–Kier alpha value is -2.15. The molecule has 170 valence electrons. The SMILES string of the molecule is COc1ccc(CNC(=O)[C@H](CSC[C@@H]2C[C@H]3C=C[C@@H]2C3)NC(=O)OC(C)(C)C)cc1. The lowest BCUT2D eigenvalue weighted by Gasteiger charge is -2.24. The van der Waals surface area contributed by atoms with E-state index >= 15 is 0 Å². The summed E-state index contributed by atoms with van der Waals surface area (Å²) in [6.07, 6.45) is 6.62. The highest BCUT2D eigenvalue weighted by Gasteiger charge is 2.35. The molecular weight excluding hydrogens is 412 g/mol. The topological polar surface area (TPSA) is 76.7 Å². The van der Waals surface area contributed by atoms with Gasteiger partial charge in [-0.3, -0.25) is 4.79 Å². The summed E-state index contributed by atoms with van der Waals surface area (Å²) in [6.45, 7) is 5.81. The lowest BCUT2D eigenvalue weighted by Crippen LogP contribution is -2.49. The summed E-state index contributed by atoms with van der Waals surface area (Å²) in [7, 11) is 1.62. The molecule has 31 heavy (non-hydrogen) atoms. The molecule has 0 spiro atoms. The van der Waals surface area contributed by atoms with Crippen LogP contribution in [0.2, 0.25) is 0 Å². The predicted octanol–water partition coefficient (Wildman–Crippen LogP) is 4.15. The van der Waals surface area contributed by atoms with E-state index in [9.17, 15) is 9.59 Å². The molecule has 4 atom stereocenters. The van der Waals surface area contributed by atoms with Gasteiger partial charge in [0.2, 0.25) is 5.91 Å². The van der Waals surface area contributed by atoms with Crippen molar-refractivity contribution >= 4 is 23.8 Å². The van der Waals surface area contributed by atoms with Crippen molar-refractivity contribution in [1.29, 1.82) is 0 Å². The lowest BCUT2D eigenvalue weighted by atomic mass is 9.96. The Labute approximate surface area is 189 Å². The number of carbonyl (C=O) groups is 2. The molecule has 2 aliphatic carbocycles. The molecule has 1 fully saturated rings. The average Bonchev–Trinajstić information content (AvgIpc) is 3.33. The molecule has 2 amide bonds. The Morgan fingerprint density at radius 1 is 1.16 bits per heavy atom. The zero-order chi connectivity index (χ0) is 22.4. The number of methoxy groups -OCH3 is 1. The fourth-order valence-corrected chi connectivity index (χ4v) is 5.40. The first kappa shape index (κ1) is 23.5. The van der Waals surface area contributed by atoms with Crippen LogP contribution in [0.3, 0.4) is 0 Å². The Balaban J connectivity index is 1.53. The van der Waals surface area contributed by atoms with Crippen LogP contribution in [-0.2, 0) is 16.1 Å². The van der Waals surface area contributed by atoms with Crippen molar-refractivity contribution in [3.8, 4) is 5.75 Å². The smallest absolute Gasteiger partial charge is 0.408 e. The van der Waals surface area contributed by atoms with Crippen LogP contribution in [-0.4, -0.2) is 42.3 Å². The zero-order valence-corrected chi connectivity index (χ0v) is 19.7. The van der Waals surface area contributed by atoms with E-state index < -0.39 is 17.7 Å². The van der Waals surface area contributed by atoms with E-state index in [1.807, 2.05) is 45.0 Å². The molecule has 7 heteroatoms. The molecule has 1 saturated carbocycles. The van der Waals surface area contributed by atoms with E-state index in [1.165, 1.54) is 12.8 Å². The maximum atomic E-state index is 12.9. The first-order valence-electron chi connectivity index (χ1n) is 10.9. The minimum Gasteiger partial charge on any atom is -0.497 e. The van der Waals surface area contributed by atoms with Crippen molar-refractivity contribution in [2.45, 2.75) is 51.8 Å². The molecule has 1 aromatic carbocycles. The molecule has 2 bridgehead atoms. The minimum atomic E-state index is -0.646. The Morgan fingerprint density at radius 3 is 2.48 bits per heavy atom. The van der Waals surface area contributed by atoms with Gasteiger partial charge in [-0.05, 0) is 74.8 Å². The van der Waals surface area contributed by atoms with Crippen molar-refractivity contribution in [3.63, 3.8) is 0 Å². The third-order valence-corrected chi connectivity index (χ3v) is 6.90. The largest absolute Gasteiger partial charge is 0.497 e. The highest BCUT2D eigenvalue weighted by molar-refractivity contribution is 7.99. The van der Waals surface area contributed by atoms with Crippen LogP contribution < -0.4 is 15.4 Å². The monoisotopic (exact) mass is 446 g/mol. The number of benzene rings is 1. The van der Waals surface area contributed by atoms with Gasteiger partial charge in [0.25, 0.3) is 0 Å². The Morgan fingerprint density at radius 2 is 1.90 bits per heavy atom. The van der Waals surface area contributed by atoms with Crippen LogP contribution in [0.5, 0.6) is 5.75 Å². The number of nitrogens with one attached hydrogen (secondary N) is 2. The van der Waals surface area contributed by atoms with Gasteiger partial charge in [-0.15, -0.1) is 0 Å². The number of rotatable bonds is 9. The quantitative estimate of drug-likeness (QED) is 0.557. The van der Waals surface area contributed by atoms with Crippen LogP contribution in [0.25, 0.3) is 0 Å². The third kappa shape index (κ3) is 7.20. The summed E-state index contributed by atoms with van der Waals surface area (Å²) in [6, 6.07) is 6.89. The van der Waals surface area contributed by atoms with Crippen molar-refractivity contribution < 1.29 is 19.1 Å². The van der Waals surface area contributed by atoms with E-state index in [4.69, 9.17) is 9.47 Å². The summed E-state index contributed by atoms with van der Waals surface area (Å²) < 4.78 is 10.5. The van der Waals surface area contributed by atoms with Gasteiger partial charge >= 0.3 is 6.09 Å². The molecule has 3 rings (SSSR count). The number of hydrogen-bond acceptors (Lipinski definition) is 5. The summed E-state index contributed by atoms with van der Waals surface area (Å²) in [4.78, 5) is 25.2. The van der Waals surface area contributed by atoms with Crippen LogP contribution in [0, 0.1) is 17.8 Å². The molecular formula is C24H34N2O4S. The number of amides is 2. The normalized spacial score (nSPS) is 22.8. The van der Waals surface area contributed by atoms with Crippen LogP contribution in [0.4, 0.5) is 4.79 Å². The first-order valence-corrected chi connectivity index (χ1v) is 12.0. The molecule has 0 heterocycles. The van der Waals surface area contributed by atoms with E-state index in [-0.39, 0.29) is 5.91 Å². The molecule has 0 aromatic heterocycles. The zero-order valence-electron chi connectivity index (χ0n) is 18.9. The summed E-state index contributed by atoms with van der Waals surface area (Å²) in [5.41, 5.74) is 0.350. The number of hydrogen-bond donors (Lipinski definition) is 2. The molecule has 0 radical (unpaired) electrons. The molecule has 1 aromatic rings. The Kier molecular flexibility index (Phi) is 7.92. The van der Waals surface area contributed by atoms with E-state index in [0.717, 1.165) is 23.0 Å². The fourth-order valence-electron chi connectivity index (χ4n) is 4.11. The van der Waals surface area contributed by atoms with Crippen LogP contribution in [0.15, 0.2) is 36.4 Å². The average molecular weight is 447 g/mol. The van der Waals surface area contributed by atoms with E-state index in [0.29, 0.717) is 24.1 Å². The van der Waals surface area contributed by atoms with Crippen molar-refractivity contribution in [1.82, 2.24) is 10.6 Å². The molecule has 0 unspecified atom stereocenters. The number of allylic oxidation sites excluding steroid dienone is 2. The van der Waals surface area contributed by atoms with E-state index in [1.54, 1.807) is 18.9 Å². The Bertz CT molecular complexity index is 788. The second kappa shape index (κ2) is 10.4. The molecule has 6 nitrogen and oxygen atoms in total.